The molecule has 0 saturated carbocycles. The number of aromatic amines is 1. The number of benzene rings is 1. The first kappa shape index (κ1) is 24.9. The third-order valence-electron chi connectivity index (χ3n) is 5.51. The number of aromatic nitrogens is 4. The molecule has 0 bridgehead atoms. The third kappa shape index (κ3) is 4.96. The zero-order valence-corrected chi connectivity index (χ0v) is 20.8. The molecule has 9 nitrogen and oxygen atoms in total. The summed E-state index contributed by atoms with van der Waals surface area (Å²) in [6, 6.07) is 4.66. The number of ether oxygens (including phenoxy) is 1. The van der Waals surface area contributed by atoms with E-state index in [4.69, 9.17) is 4.74 Å². The molecule has 3 rings (SSSR count). The first-order chi connectivity index (χ1) is 15.8. The van der Waals surface area contributed by atoms with Crippen LogP contribution in [-0.2, 0) is 16.4 Å². The average Bonchev–Trinajstić information content (AvgIpc) is 3.11. The number of methoxy groups -OCH3 is 1. The fourth-order valence-electron chi connectivity index (χ4n) is 3.86. The minimum absolute atomic E-state index is 0.140. The van der Waals surface area contributed by atoms with Crippen molar-refractivity contribution in [3.8, 4) is 17.1 Å². The van der Waals surface area contributed by atoms with Crippen LogP contribution in [0.5, 0.6) is 5.75 Å². The summed E-state index contributed by atoms with van der Waals surface area (Å²) in [5.74, 6) is 1.33. The maximum absolute atomic E-state index is 13.4. The van der Waals surface area contributed by atoms with Gasteiger partial charge >= 0.3 is 0 Å². The number of rotatable bonds is 11. The van der Waals surface area contributed by atoms with Gasteiger partial charge in [-0.2, -0.15) is 4.31 Å². The number of fused-ring (bicyclic) bond motifs is 1. The zero-order chi connectivity index (χ0) is 24.2. The third-order valence-corrected chi connectivity index (χ3v) is 7.41. The molecule has 0 saturated heterocycles. The summed E-state index contributed by atoms with van der Waals surface area (Å²) in [5, 5.41) is 4.62. The van der Waals surface area contributed by atoms with Gasteiger partial charge in [-0.1, -0.05) is 27.2 Å². The number of hydrogen-bond acceptors (Lipinski definition) is 6. The molecule has 0 unspecified atom stereocenters. The molecule has 0 atom stereocenters. The van der Waals surface area contributed by atoms with E-state index in [0.29, 0.717) is 47.9 Å². The monoisotopic (exact) mass is 475 g/mol. The van der Waals surface area contributed by atoms with Crippen molar-refractivity contribution in [2.24, 2.45) is 0 Å². The zero-order valence-electron chi connectivity index (χ0n) is 20.0. The van der Waals surface area contributed by atoms with E-state index in [2.05, 4.69) is 15.1 Å². The topological polar surface area (TPSA) is 110 Å². The van der Waals surface area contributed by atoms with Crippen LogP contribution in [0.25, 0.3) is 16.9 Å². The Balaban J connectivity index is 2.18. The van der Waals surface area contributed by atoms with Gasteiger partial charge in [0, 0.05) is 19.5 Å². The summed E-state index contributed by atoms with van der Waals surface area (Å²) in [7, 11) is -2.22. The molecule has 2 aromatic heterocycles. The van der Waals surface area contributed by atoms with E-state index in [9.17, 15) is 13.2 Å². The van der Waals surface area contributed by atoms with Crippen molar-refractivity contribution in [2.45, 2.75) is 64.7 Å². The van der Waals surface area contributed by atoms with E-state index >= 15 is 0 Å². The van der Waals surface area contributed by atoms with Crippen LogP contribution in [0.3, 0.4) is 0 Å². The predicted molar refractivity (Wildman–Crippen MR) is 128 cm³/mol. The molecule has 0 aliphatic carbocycles. The van der Waals surface area contributed by atoms with Gasteiger partial charge in [0.1, 0.15) is 11.6 Å². The fourth-order valence-corrected chi connectivity index (χ4v) is 5.46. The molecule has 0 aliphatic rings. The second-order valence-electron chi connectivity index (χ2n) is 8.05. The smallest absolute Gasteiger partial charge is 0.277 e. The molecule has 3 aromatic rings. The van der Waals surface area contributed by atoms with Gasteiger partial charge in [0.15, 0.2) is 11.3 Å². The Morgan fingerprint density at radius 3 is 2.52 bits per heavy atom. The van der Waals surface area contributed by atoms with Crippen LogP contribution in [0.4, 0.5) is 0 Å². The van der Waals surface area contributed by atoms with Crippen molar-refractivity contribution in [3.05, 3.63) is 40.1 Å². The molecule has 0 spiro atoms. The highest BCUT2D eigenvalue weighted by Crippen LogP contribution is 2.31. The van der Waals surface area contributed by atoms with Gasteiger partial charge in [-0.05, 0) is 44.4 Å². The maximum Gasteiger partial charge on any atom is 0.277 e. The number of aryl methyl sites for hydroxylation is 2. The van der Waals surface area contributed by atoms with Crippen LogP contribution in [0.1, 0.15) is 58.0 Å². The van der Waals surface area contributed by atoms with Gasteiger partial charge in [-0.25, -0.2) is 17.9 Å². The van der Waals surface area contributed by atoms with Crippen LogP contribution >= 0.6 is 0 Å². The number of nitrogens with zero attached hydrogens (tertiary/aromatic N) is 4. The first-order valence-corrected chi connectivity index (χ1v) is 12.9. The summed E-state index contributed by atoms with van der Waals surface area (Å²) in [6.45, 7) is 8.70. The second-order valence-corrected chi connectivity index (χ2v) is 9.98. The molecule has 1 aromatic carbocycles. The van der Waals surface area contributed by atoms with Crippen LogP contribution in [0, 0.1) is 6.92 Å². The molecule has 1 N–H and O–H groups in total. The van der Waals surface area contributed by atoms with E-state index in [1.165, 1.54) is 23.5 Å². The summed E-state index contributed by atoms with van der Waals surface area (Å²) < 4.78 is 35.4. The summed E-state index contributed by atoms with van der Waals surface area (Å²) >= 11 is 0. The Morgan fingerprint density at radius 1 is 1.12 bits per heavy atom. The fraction of sp³-hybridized carbons (Fsp3) is 0.522. The van der Waals surface area contributed by atoms with Crippen molar-refractivity contribution in [3.63, 3.8) is 0 Å². The molecule has 0 amide bonds. The van der Waals surface area contributed by atoms with Crippen LogP contribution in [0.15, 0.2) is 27.9 Å². The summed E-state index contributed by atoms with van der Waals surface area (Å²) in [4.78, 5) is 20.3. The minimum atomic E-state index is -3.72. The Hall–Kier alpha value is -2.72. The molecule has 0 radical (unpaired) electrons. The Morgan fingerprint density at radius 2 is 1.88 bits per heavy atom. The van der Waals surface area contributed by atoms with Crippen molar-refractivity contribution < 1.29 is 13.2 Å². The highest BCUT2D eigenvalue weighted by atomic mass is 32.2. The van der Waals surface area contributed by atoms with Gasteiger partial charge in [-0.15, -0.1) is 5.10 Å². The minimum Gasteiger partial charge on any atom is -0.496 e. The normalized spacial score (nSPS) is 12.1. The molecule has 33 heavy (non-hydrogen) atoms. The quantitative estimate of drug-likeness (QED) is 0.454. The van der Waals surface area contributed by atoms with Gasteiger partial charge in [0.2, 0.25) is 10.0 Å². The van der Waals surface area contributed by atoms with E-state index in [1.54, 1.807) is 17.5 Å². The van der Waals surface area contributed by atoms with E-state index < -0.39 is 10.0 Å². The lowest BCUT2D eigenvalue weighted by Crippen LogP contribution is -2.32. The Kier molecular flexibility index (Phi) is 7.91. The number of nitrogens with one attached hydrogen (secondary N) is 1. The van der Waals surface area contributed by atoms with Crippen LogP contribution in [-0.4, -0.2) is 52.5 Å². The molecular formula is C23H33N5O4S. The molecule has 180 valence electrons. The van der Waals surface area contributed by atoms with E-state index in [-0.39, 0.29) is 16.3 Å². The lowest BCUT2D eigenvalue weighted by molar-refractivity contribution is 0.401. The van der Waals surface area contributed by atoms with E-state index in [0.717, 1.165) is 25.7 Å². The molecule has 2 heterocycles. The van der Waals surface area contributed by atoms with Gasteiger partial charge in [0.05, 0.1) is 23.3 Å². The molecular weight excluding hydrogens is 442 g/mol. The lowest BCUT2D eigenvalue weighted by atomic mass is 10.2. The molecule has 0 aliphatic heterocycles. The summed E-state index contributed by atoms with van der Waals surface area (Å²) in [5.41, 5.74) is 1.06. The van der Waals surface area contributed by atoms with Gasteiger partial charge in [-0.3, -0.25) is 4.79 Å². The van der Waals surface area contributed by atoms with E-state index in [1.807, 2.05) is 20.8 Å². The first-order valence-electron chi connectivity index (χ1n) is 11.4. The number of H-pyrrole nitrogens is 1. The lowest BCUT2D eigenvalue weighted by Gasteiger charge is -2.22. The highest BCUT2D eigenvalue weighted by Gasteiger charge is 2.25. The number of sulfonamides is 1. The van der Waals surface area contributed by atoms with Gasteiger partial charge in [0.25, 0.3) is 5.56 Å². The molecule has 0 fully saturated rings. The molecule has 10 heteroatoms. The predicted octanol–water partition coefficient (Wildman–Crippen LogP) is 3.55. The number of imidazole rings is 1. The van der Waals surface area contributed by atoms with Crippen molar-refractivity contribution in [1.29, 1.82) is 0 Å². The standard InChI is InChI=1S/C23H33N5O4S/c1-6-9-14-27(13-8-3)33(30,31)17-11-12-19(32-5)18(15-17)22-25-23(29)21-16(4)24-20(10-7-2)28(21)26-22/h11-12,15H,6-10,13-14H2,1-5H3,(H,25,26,29). The SMILES string of the molecule is CCCCN(CCC)S(=O)(=O)c1ccc(OC)c(-c2nn3c(CCC)nc(C)c3c(=O)[nH]2)c1. The Labute approximate surface area is 194 Å². The van der Waals surface area contributed by atoms with Crippen LogP contribution in [0.2, 0.25) is 0 Å². The van der Waals surface area contributed by atoms with Crippen molar-refractivity contribution in [2.75, 3.05) is 20.2 Å². The summed E-state index contributed by atoms with van der Waals surface area (Å²) in [6.07, 6.45) is 3.93. The Bertz CT molecular complexity index is 1280. The van der Waals surface area contributed by atoms with Gasteiger partial charge < -0.3 is 9.72 Å². The largest absolute Gasteiger partial charge is 0.496 e. The number of unbranched alkanes of at least 4 members (excludes halogenated alkanes) is 1. The van der Waals surface area contributed by atoms with Crippen LogP contribution < -0.4 is 10.3 Å². The maximum atomic E-state index is 13.4. The van der Waals surface area contributed by atoms with Crippen molar-refractivity contribution in [1.82, 2.24) is 23.9 Å². The highest BCUT2D eigenvalue weighted by molar-refractivity contribution is 7.89. The van der Waals surface area contributed by atoms with Crippen molar-refractivity contribution >= 4 is 15.5 Å². The number of hydrogen-bond donors (Lipinski definition) is 1. The second kappa shape index (κ2) is 10.5. The average molecular weight is 476 g/mol.